The van der Waals surface area contributed by atoms with Gasteiger partial charge in [-0.1, -0.05) is 0 Å². The van der Waals surface area contributed by atoms with E-state index < -0.39 is 0 Å². The first-order valence-electron chi connectivity index (χ1n) is 10.5. The second kappa shape index (κ2) is 7.90. The first kappa shape index (κ1) is 19.9. The molecule has 0 radical (unpaired) electrons. The molecule has 0 saturated carbocycles. The van der Waals surface area contributed by atoms with Crippen LogP contribution < -0.4 is 0 Å². The molecular weight excluding hydrogens is 414 g/mol. The number of piperidine rings is 1. The van der Waals surface area contributed by atoms with E-state index >= 15 is 0 Å². The Hall–Kier alpha value is -2.03. The summed E-state index contributed by atoms with van der Waals surface area (Å²) in [5.74, 6) is 0.453. The van der Waals surface area contributed by atoms with E-state index in [0.29, 0.717) is 12.5 Å². The predicted molar refractivity (Wildman–Crippen MR) is 119 cm³/mol. The smallest absolute Gasteiger partial charge is 0.231 e. The van der Waals surface area contributed by atoms with Gasteiger partial charge in [0.25, 0.3) is 0 Å². The Balaban J connectivity index is 1.45. The van der Waals surface area contributed by atoms with Crippen molar-refractivity contribution in [2.45, 2.75) is 38.8 Å². The second-order valence-corrected chi connectivity index (χ2v) is 10.4. The molecule has 1 amide bonds. The summed E-state index contributed by atoms with van der Waals surface area (Å²) in [4.78, 5) is 23.1. The van der Waals surface area contributed by atoms with Crippen LogP contribution in [0, 0.1) is 12.3 Å². The highest BCUT2D eigenvalue weighted by Gasteiger charge is 2.55. The van der Waals surface area contributed by atoms with Crippen LogP contribution >= 0.6 is 22.7 Å². The largest absolute Gasteiger partial charge is 0.336 e. The molecule has 5 rings (SSSR count). The van der Waals surface area contributed by atoms with Crippen molar-refractivity contribution in [3.8, 4) is 0 Å². The lowest BCUT2D eigenvalue weighted by Gasteiger charge is -2.42. The van der Waals surface area contributed by atoms with Crippen molar-refractivity contribution >= 4 is 28.6 Å². The minimum Gasteiger partial charge on any atom is -0.336 e. The number of hydrogen-bond acceptors (Lipinski definition) is 6. The first-order valence-corrected chi connectivity index (χ1v) is 12.3. The van der Waals surface area contributed by atoms with Gasteiger partial charge in [-0.3, -0.25) is 14.4 Å². The summed E-state index contributed by atoms with van der Waals surface area (Å²) in [7, 11) is 1.99. The average Bonchev–Trinajstić information content (AvgIpc) is 3.50. The SMILES string of the molecule is Cc1nc(CN2CCC[C@]3(CN(Cc4ccsc4)C[C@H]3c3ccnn3C)C2=O)cs1. The highest BCUT2D eigenvalue weighted by atomic mass is 32.1. The van der Waals surface area contributed by atoms with Gasteiger partial charge in [0.2, 0.25) is 5.91 Å². The number of rotatable bonds is 5. The van der Waals surface area contributed by atoms with Crippen molar-refractivity contribution in [2.24, 2.45) is 12.5 Å². The molecule has 2 fully saturated rings. The van der Waals surface area contributed by atoms with Crippen LogP contribution in [0.3, 0.4) is 0 Å². The zero-order valence-corrected chi connectivity index (χ0v) is 19.1. The van der Waals surface area contributed by atoms with Crippen LogP contribution in [0.5, 0.6) is 0 Å². The molecular formula is C22H27N5OS2. The number of amides is 1. The highest BCUT2D eigenvalue weighted by molar-refractivity contribution is 7.09. The van der Waals surface area contributed by atoms with Crippen molar-refractivity contribution in [3.05, 3.63) is 56.4 Å². The third-order valence-corrected chi connectivity index (χ3v) is 8.15. The molecule has 30 heavy (non-hydrogen) atoms. The number of thiophene rings is 1. The van der Waals surface area contributed by atoms with Gasteiger partial charge >= 0.3 is 0 Å². The molecule has 2 aliphatic rings. The summed E-state index contributed by atoms with van der Waals surface area (Å²) in [6.07, 6.45) is 3.83. The van der Waals surface area contributed by atoms with Crippen LogP contribution in [-0.4, -0.2) is 50.1 Å². The van der Waals surface area contributed by atoms with E-state index in [9.17, 15) is 4.79 Å². The molecule has 1 spiro atoms. The minimum absolute atomic E-state index is 0.163. The number of hydrogen-bond donors (Lipinski definition) is 0. The Morgan fingerprint density at radius 1 is 1.27 bits per heavy atom. The maximum Gasteiger partial charge on any atom is 0.231 e. The third kappa shape index (κ3) is 3.50. The van der Waals surface area contributed by atoms with Crippen molar-refractivity contribution in [3.63, 3.8) is 0 Å². The fourth-order valence-electron chi connectivity index (χ4n) is 5.28. The van der Waals surface area contributed by atoms with Crippen molar-refractivity contribution < 1.29 is 4.79 Å². The van der Waals surface area contributed by atoms with Gasteiger partial charge < -0.3 is 4.90 Å². The Bertz CT molecular complexity index is 1030. The summed E-state index contributed by atoms with van der Waals surface area (Å²) < 4.78 is 1.95. The summed E-state index contributed by atoms with van der Waals surface area (Å²) in [6.45, 7) is 6.06. The Morgan fingerprint density at radius 3 is 2.87 bits per heavy atom. The lowest BCUT2D eigenvalue weighted by atomic mass is 9.70. The van der Waals surface area contributed by atoms with Gasteiger partial charge in [0, 0.05) is 56.4 Å². The second-order valence-electron chi connectivity index (χ2n) is 8.58. The Kier molecular flexibility index (Phi) is 5.24. The molecule has 8 heteroatoms. The molecule has 0 bridgehead atoms. The number of carbonyl (C=O) groups excluding carboxylic acids is 1. The van der Waals surface area contributed by atoms with Crippen LogP contribution in [0.4, 0.5) is 0 Å². The van der Waals surface area contributed by atoms with Gasteiger partial charge in [-0.25, -0.2) is 4.98 Å². The number of aromatic nitrogens is 3. The molecule has 6 nitrogen and oxygen atoms in total. The lowest BCUT2D eigenvalue weighted by Crippen LogP contribution is -2.52. The van der Waals surface area contributed by atoms with Gasteiger partial charge in [0.1, 0.15) is 0 Å². The van der Waals surface area contributed by atoms with Crippen LogP contribution in [0.25, 0.3) is 0 Å². The van der Waals surface area contributed by atoms with Gasteiger partial charge in [0.15, 0.2) is 0 Å². The molecule has 2 atom stereocenters. The van der Waals surface area contributed by atoms with Gasteiger partial charge in [-0.2, -0.15) is 16.4 Å². The number of nitrogens with zero attached hydrogens (tertiary/aromatic N) is 5. The summed E-state index contributed by atoms with van der Waals surface area (Å²) in [5.41, 5.74) is 3.13. The molecule has 3 aromatic rings. The summed E-state index contributed by atoms with van der Waals surface area (Å²) in [5, 5.41) is 11.9. The van der Waals surface area contributed by atoms with Crippen LogP contribution in [-0.2, 0) is 24.9 Å². The van der Waals surface area contributed by atoms with E-state index in [0.717, 1.165) is 49.7 Å². The van der Waals surface area contributed by atoms with E-state index in [-0.39, 0.29) is 11.3 Å². The highest BCUT2D eigenvalue weighted by Crippen LogP contribution is 2.49. The molecule has 5 heterocycles. The minimum atomic E-state index is -0.382. The molecule has 0 unspecified atom stereocenters. The number of likely N-dealkylation sites (tertiary alicyclic amines) is 2. The fraction of sp³-hybridized carbons (Fsp3) is 0.500. The lowest BCUT2D eigenvalue weighted by molar-refractivity contribution is -0.147. The molecule has 0 N–H and O–H groups in total. The van der Waals surface area contributed by atoms with Crippen LogP contribution in [0.1, 0.15) is 40.7 Å². The van der Waals surface area contributed by atoms with E-state index in [1.165, 1.54) is 11.3 Å². The molecule has 3 aromatic heterocycles. The van der Waals surface area contributed by atoms with E-state index in [1.807, 2.05) is 24.9 Å². The van der Waals surface area contributed by atoms with Gasteiger partial charge in [-0.05, 0) is 48.2 Å². The first-order chi connectivity index (χ1) is 14.5. The van der Waals surface area contributed by atoms with Crippen molar-refractivity contribution in [1.29, 1.82) is 0 Å². The molecule has 0 aromatic carbocycles. The summed E-state index contributed by atoms with van der Waals surface area (Å²) >= 11 is 3.39. The normalized spacial score (nSPS) is 24.9. The standard InChI is InChI=1S/C22H27N5OS2/c1-16-24-18(14-30-16)11-27-8-3-6-22(21(27)28)15-26(10-17-5-9-29-13-17)12-19(22)20-4-7-23-25(20)2/h4-5,7,9,13-14,19H,3,6,8,10-12,15H2,1-2H3/t19-,22+/m0/s1. The van der Waals surface area contributed by atoms with Gasteiger partial charge in [-0.15, -0.1) is 11.3 Å². The Morgan fingerprint density at radius 2 is 2.17 bits per heavy atom. The Labute approximate surface area is 185 Å². The zero-order chi connectivity index (χ0) is 20.7. The molecule has 0 aliphatic carbocycles. The topological polar surface area (TPSA) is 54.3 Å². The zero-order valence-electron chi connectivity index (χ0n) is 17.5. The van der Waals surface area contributed by atoms with Gasteiger partial charge in [0.05, 0.1) is 22.7 Å². The number of thiazole rings is 1. The number of carbonyl (C=O) groups is 1. The molecule has 2 saturated heterocycles. The molecule has 2 aliphatic heterocycles. The quantitative estimate of drug-likeness (QED) is 0.606. The maximum atomic E-state index is 14.0. The monoisotopic (exact) mass is 441 g/mol. The van der Waals surface area contributed by atoms with E-state index in [1.54, 1.807) is 22.7 Å². The van der Waals surface area contributed by atoms with Crippen molar-refractivity contribution in [1.82, 2.24) is 24.6 Å². The van der Waals surface area contributed by atoms with Crippen LogP contribution in [0.15, 0.2) is 34.5 Å². The predicted octanol–water partition coefficient (Wildman–Crippen LogP) is 3.65. The molecule has 158 valence electrons. The average molecular weight is 442 g/mol. The summed E-state index contributed by atoms with van der Waals surface area (Å²) in [6, 6.07) is 4.28. The van der Waals surface area contributed by atoms with E-state index in [2.05, 4.69) is 48.2 Å². The van der Waals surface area contributed by atoms with E-state index in [4.69, 9.17) is 0 Å². The van der Waals surface area contributed by atoms with Crippen LogP contribution in [0.2, 0.25) is 0 Å². The maximum absolute atomic E-state index is 14.0. The van der Waals surface area contributed by atoms with Crippen molar-refractivity contribution in [2.75, 3.05) is 19.6 Å². The number of aryl methyl sites for hydroxylation is 2. The fourth-order valence-corrected chi connectivity index (χ4v) is 6.54. The third-order valence-electron chi connectivity index (χ3n) is 6.60.